The SMILES string of the molecule is CCNC(CO)CN(C)C(C)CC. The fourth-order valence-corrected chi connectivity index (χ4v) is 1.31. The van der Waals surface area contributed by atoms with E-state index in [2.05, 4.69) is 38.0 Å². The largest absolute Gasteiger partial charge is 0.395 e. The molecular weight excluding hydrogens is 164 g/mol. The molecule has 0 rings (SSSR count). The maximum absolute atomic E-state index is 9.07. The molecule has 0 saturated heterocycles. The normalized spacial score (nSPS) is 16.2. The Morgan fingerprint density at radius 1 is 1.38 bits per heavy atom. The summed E-state index contributed by atoms with van der Waals surface area (Å²) in [6.07, 6.45) is 1.15. The Labute approximate surface area is 82.1 Å². The van der Waals surface area contributed by atoms with Crippen LogP contribution in [0.15, 0.2) is 0 Å². The van der Waals surface area contributed by atoms with Crippen molar-refractivity contribution in [3.8, 4) is 0 Å². The summed E-state index contributed by atoms with van der Waals surface area (Å²) in [5, 5.41) is 12.3. The molecule has 0 fully saturated rings. The fourth-order valence-electron chi connectivity index (χ4n) is 1.31. The molecule has 0 radical (unpaired) electrons. The molecule has 0 bridgehead atoms. The molecule has 80 valence electrons. The van der Waals surface area contributed by atoms with Crippen LogP contribution in [-0.4, -0.2) is 48.8 Å². The summed E-state index contributed by atoms with van der Waals surface area (Å²) in [4.78, 5) is 2.28. The Morgan fingerprint density at radius 3 is 2.38 bits per heavy atom. The van der Waals surface area contributed by atoms with Gasteiger partial charge in [-0.15, -0.1) is 0 Å². The van der Waals surface area contributed by atoms with Gasteiger partial charge in [-0.3, -0.25) is 0 Å². The van der Waals surface area contributed by atoms with Crippen LogP contribution in [0, 0.1) is 0 Å². The molecule has 0 aromatic heterocycles. The van der Waals surface area contributed by atoms with Crippen LogP contribution in [0.1, 0.15) is 27.2 Å². The van der Waals surface area contributed by atoms with E-state index in [0.29, 0.717) is 6.04 Å². The van der Waals surface area contributed by atoms with Gasteiger partial charge < -0.3 is 15.3 Å². The van der Waals surface area contributed by atoms with Crippen molar-refractivity contribution in [3.05, 3.63) is 0 Å². The summed E-state index contributed by atoms with van der Waals surface area (Å²) in [5.41, 5.74) is 0. The second kappa shape index (κ2) is 7.30. The highest BCUT2D eigenvalue weighted by atomic mass is 16.3. The zero-order valence-electron chi connectivity index (χ0n) is 9.38. The van der Waals surface area contributed by atoms with Gasteiger partial charge in [0.2, 0.25) is 0 Å². The number of likely N-dealkylation sites (N-methyl/N-ethyl adjacent to an activating group) is 2. The van der Waals surface area contributed by atoms with E-state index in [9.17, 15) is 0 Å². The zero-order chi connectivity index (χ0) is 10.3. The van der Waals surface area contributed by atoms with Gasteiger partial charge in [0, 0.05) is 18.6 Å². The Balaban J connectivity index is 3.78. The smallest absolute Gasteiger partial charge is 0.0597 e. The highest BCUT2D eigenvalue weighted by Gasteiger charge is 2.12. The number of hydrogen-bond acceptors (Lipinski definition) is 3. The first-order valence-corrected chi connectivity index (χ1v) is 5.20. The van der Waals surface area contributed by atoms with Crippen molar-refractivity contribution in [2.75, 3.05) is 26.7 Å². The second-order valence-electron chi connectivity index (χ2n) is 3.63. The first-order valence-electron chi connectivity index (χ1n) is 5.20. The van der Waals surface area contributed by atoms with E-state index in [0.717, 1.165) is 19.5 Å². The molecule has 2 unspecified atom stereocenters. The van der Waals surface area contributed by atoms with Gasteiger partial charge in [0.05, 0.1) is 6.61 Å². The molecule has 0 aliphatic heterocycles. The van der Waals surface area contributed by atoms with E-state index in [4.69, 9.17) is 5.11 Å². The molecule has 3 nitrogen and oxygen atoms in total. The van der Waals surface area contributed by atoms with E-state index in [-0.39, 0.29) is 12.6 Å². The van der Waals surface area contributed by atoms with Gasteiger partial charge in [0.1, 0.15) is 0 Å². The van der Waals surface area contributed by atoms with E-state index < -0.39 is 0 Å². The predicted molar refractivity (Wildman–Crippen MR) is 56.9 cm³/mol. The standard InChI is InChI=1S/C10H24N2O/c1-5-9(3)12(4)7-10(8-13)11-6-2/h9-11,13H,5-8H2,1-4H3. The predicted octanol–water partition coefficient (Wildman–Crippen LogP) is 0.687. The van der Waals surface area contributed by atoms with Gasteiger partial charge in [0.25, 0.3) is 0 Å². The Kier molecular flexibility index (Phi) is 7.23. The van der Waals surface area contributed by atoms with Crippen LogP contribution in [0.25, 0.3) is 0 Å². The molecule has 0 heterocycles. The van der Waals surface area contributed by atoms with Gasteiger partial charge in [-0.1, -0.05) is 13.8 Å². The lowest BCUT2D eigenvalue weighted by Crippen LogP contribution is -2.44. The Hall–Kier alpha value is -0.120. The maximum atomic E-state index is 9.07. The van der Waals surface area contributed by atoms with Crippen molar-refractivity contribution in [3.63, 3.8) is 0 Å². The molecule has 0 spiro atoms. The number of nitrogens with one attached hydrogen (secondary N) is 1. The number of aliphatic hydroxyl groups excluding tert-OH is 1. The molecule has 0 amide bonds. The molecular formula is C10H24N2O. The Morgan fingerprint density at radius 2 is 2.00 bits per heavy atom. The summed E-state index contributed by atoms with van der Waals surface area (Å²) in [6.45, 7) is 8.50. The molecule has 2 N–H and O–H groups in total. The second-order valence-corrected chi connectivity index (χ2v) is 3.63. The lowest BCUT2D eigenvalue weighted by molar-refractivity contribution is 0.174. The van der Waals surface area contributed by atoms with Crippen LogP contribution < -0.4 is 5.32 Å². The summed E-state index contributed by atoms with van der Waals surface area (Å²) in [6, 6.07) is 0.803. The molecule has 13 heavy (non-hydrogen) atoms. The van der Waals surface area contributed by atoms with Gasteiger partial charge in [-0.05, 0) is 26.9 Å². The summed E-state index contributed by atoms with van der Waals surface area (Å²) in [7, 11) is 2.11. The topological polar surface area (TPSA) is 35.5 Å². The van der Waals surface area contributed by atoms with E-state index in [1.807, 2.05) is 0 Å². The number of hydrogen-bond donors (Lipinski definition) is 2. The third-order valence-corrected chi connectivity index (χ3v) is 2.56. The molecule has 0 aliphatic rings. The molecule has 0 aromatic rings. The maximum Gasteiger partial charge on any atom is 0.0597 e. The zero-order valence-corrected chi connectivity index (χ0v) is 9.38. The quantitative estimate of drug-likeness (QED) is 0.617. The average molecular weight is 188 g/mol. The number of aliphatic hydroxyl groups is 1. The van der Waals surface area contributed by atoms with Crippen LogP contribution >= 0.6 is 0 Å². The first kappa shape index (κ1) is 12.9. The monoisotopic (exact) mass is 188 g/mol. The lowest BCUT2D eigenvalue weighted by Gasteiger charge is -2.27. The summed E-state index contributed by atoms with van der Waals surface area (Å²) >= 11 is 0. The van der Waals surface area contributed by atoms with Crippen molar-refractivity contribution < 1.29 is 5.11 Å². The molecule has 0 saturated carbocycles. The van der Waals surface area contributed by atoms with Crippen molar-refractivity contribution in [1.82, 2.24) is 10.2 Å². The highest BCUT2D eigenvalue weighted by molar-refractivity contribution is 4.71. The minimum absolute atomic E-state index is 0.212. The van der Waals surface area contributed by atoms with Crippen molar-refractivity contribution >= 4 is 0 Å². The van der Waals surface area contributed by atoms with E-state index in [1.54, 1.807) is 0 Å². The van der Waals surface area contributed by atoms with E-state index >= 15 is 0 Å². The molecule has 2 atom stereocenters. The average Bonchev–Trinajstić information content (AvgIpc) is 2.15. The van der Waals surface area contributed by atoms with Gasteiger partial charge in [0.15, 0.2) is 0 Å². The first-order chi connectivity index (χ1) is 6.15. The third-order valence-electron chi connectivity index (χ3n) is 2.56. The lowest BCUT2D eigenvalue weighted by atomic mass is 10.2. The fraction of sp³-hybridized carbons (Fsp3) is 1.00. The minimum atomic E-state index is 0.212. The Bertz CT molecular complexity index is 119. The number of nitrogens with zero attached hydrogens (tertiary/aromatic N) is 1. The minimum Gasteiger partial charge on any atom is -0.395 e. The van der Waals surface area contributed by atoms with Crippen LogP contribution in [0.3, 0.4) is 0 Å². The molecule has 0 aliphatic carbocycles. The van der Waals surface area contributed by atoms with Crippen LogP contribution in [0.2, 0.25) is 0 Å². The van der Waals surface area contributed by atoms with Crippen LogP contribution in [0.4, 0.5) is 0 Å². The van der Waals surface area contributed by atoms with Crippen molar-refractivity contribution in [1.29, 1.82) is 0 Å². The van der Waals surface area contributed by atoms with Gasteiger partial charge >= 0.3 is 0 Å². The number of rotatable bonds is 7. The van der Waals surface area contributed by atoms with Gasteiger partial charge in [-0.2, -0.15) is 0 Å². The van der Waals surface area contributed by atoms with Gasteiger partial charge in [-0.25, -0.2) is 0 Å². The molecule has 3 heteroatoms. The van der Waals surface area contributed by atoms with E-state index in [1.165, 1.54) is 0 Å². The highest BCUT2D eigenvalue weighted by Crippen LogP contribution is 2.00. The third kappa shape index (κ3) is 5.24. The van der Waals surface area contributed by atoms with Crippen molar-refractivity contribution in [2.45, 2.75) is 39.3 Å². The summed E-state index contributed by atoms with van der Waals surface area (Å²) in [5.74, 6) is 0. The van der Waals surface area contributed by atoms with Crippen LogP contribution in [-0.2, 0) is 0 Å². The van der Waals surface area contributed by atoms with Crippen LogP contribution in [0.5, 0.6) is 0 Å². The molecule has 0 aromatic carbocycles. The summed E-state index contributed by atoms with van der Waals surface area (Å²) < 4.78 is 0. The van der Waals surface area contributed by atoms with Crippen molar-refractivity contribution in [2.24, 2.45) is 0 Å².